The molecule has 0 radical (unpaired) electrons. The Labute approximate surface area is 213 Å². The van der Waals surface area contributed by atoms with Crippen LogP contribution in [0.1, 0.15) is 57.9 Å². The van der Waals surface area contributed by atoms with E-state index in [1.165, 1.54) is 0 Å². The van der Waals surface area contributed by atoms with Gasteiger partial charge in [-0.2, -0.15) is 0 Å². The zero-order valence-corrected chi connectivity index (χ0v) is 22.3. The van der Waals surface area contributed by atoms with E-state index in [2.05, 4.69) is 37.9 Å². The van der Waals surface area contributed by atoms with Crippen molar-refractivity contribution < 1.29 is 22.7 Å². The SMILES string of the molecule is CCOc1ncc(Nc2cc([C@@H](CC)CC(=O)NS(C)(=O)=O)ccc2N(CC)C2CCOCC2)cn1. The summed E-state index contributed by atoms with van der Waals surface area (Å²) >= 11 is 0. The molecule has 0 spiro atoms. The number of nitrogens with zero attached hydrogens (tertiary/aromatic N) is 3. The summed E-state index contributed by atoms with van der Waals surface area (Å²) in [5.74, 6) is -0.656. The molecule has 1 saturated heterocycles. The topological polar surface area (TPSA) is 123 Å². The normalized spacial score (nSPS) is 15.2. The van der Waals surface area contributed by atoms with Crippen LogP contribution in [-0.4, -0.2) is 63.0 Å². The van der Waals surface area contributed by atoms with Gasteiger partial charge in [0.15, 0.2) is 0 Å². The monoisotopic (exact) mass is 519 g/mol. The zero-order chi connectivity index (χ0) is 26.1. The second-order valence-electron chi connectivity index (χ2n) is 8.83. The van der Waals surface area contributed by atoms with E-state index in [9.17, 15) is 13.2 Å². The number of ether oxygens (including phenoxy) is 2. The van der Waals surface area contributed by atoms with Gasteiger partial charge >= 0.3 is 6.01 Å². The van der Waals surface area contributed by atoms with Gasteiger partial charge in [0.25, 0.3) is 0 Å². The van der Waals surface area contributed by atoms with Crippen LogP contribution in [0.15, 0.2) is 30.6 Å². The van der Waals surface area contributed by atoms with Gasteiger partial charge in [-0.15, -0.1) is 0 Å². The molecular weight excluding hydrogens is 482 g/mol. The van der Waals surface area contributed by atoms with Gasteiger partial charge in [-0.25, -0.2) is 18.4 Å². The average Bonchev–Trinajstić information content (AvgIpc) is 2.85. The lowest BCUT2D eigenvalue weighted by molar-refractivity contribution is -0.119. The molecule has 198 valence electrons. The molecule has 1 atom stereocenters. The quantitative estimate of drug-likeness (QED) is 0.433. The molecule has 0 unspecified atom stereocenters. The lowest BCUT2D eigenvalue weighted by Gasteiger charge is -2.37. The molecule has 1 aromatic carbocycles. The largest absolute Gasteiger partial charge is 0.464 e. The second-order valence-corrected chi connectivity index (χ2v) is 10.6. The third-order valence-corrected chi connectivity index (χ3v) is 6.78. The maximum Gasteiger partial charge on any atom is 0.316 e. The molecule has 2 N–H and O–H groups in total. The Balaban J connectivity index is 1.94. The van der Waals surface area contributed by atoms with Crippen molar-refractivity contribution in [3.8, 4) is 6.01 Å². The summed E-state index contributed by atoms with van der Waals surface area (Å²) in [6, 6.07) is 6.81. The number of hydrogen-bond donors (Lipinski definition) is 2. The molecule has 2 heterocycles. The first-order valence-electron chi connectivity index (χ1n) is 12.4. The number of carbonyl (C=O) groups is 1. The molecule has 10 nitrogen and oxygen atoms in total. The number of anilines is 3. The highest BCUT2D eigenvalue weighted by Gasteiger charge is 2.24. The molecule has 36 heavy (non-hydrogen) atoms. The van der Waals surface area contributed by atoms with Crippen molar-refractivity contribution in [3.05, 3.63) is 36.2 Å². The molecule has 1 aliphatic heterocycles. The Kier molecular flexibility index (Phi) is 9.89. The molecule has 1 amide bonds. The van der Waals surface area contributed by atoms with Crippen LogP contribution in [0, 0.1) is 0 Å². The molecule has 0 aliphatic carbocycles. The molecule has 3 rings (SSSR count). The van der Waals surface area contributed by atoms with Gasteiger partial charge in [0.1, 0.15) is 0 Å². The van der Waals surface area contributed by atoms with Crippen LogP contribution in [0.3, 0.4) is 0 Å². The number of sulfonamides is 1. The summed E-state index contributed by atoms with van der Waals surface area (Å²) in [6.07, 6.45) is 6.99. The maximum absolute atomic E-state index is 12.3. The van der Waals surface area contributed by atoms with Gasteiger partial charge in [-0.05, 0) is 56.7 Å². The van der Waals surface area contributed by atoms with Gasteiger partial charge in [-0.1, -0.05) is 13.0 Å². The summed E-state index contributed by atoms with van der Waals surface area (Å²) < 4.78 is 36.0. The predicted octanol–water partition coefficient (Wildman–Crippen LogP) is 3.58. The Bertz CT molecular complexity index is 1100. The minimum Gasteiger partial charge on any atom is -0.464 e. The van der Waals surface area contributed by atoms with Gasteiger partial charge < -0.3 is 19.7 Å². The van der Waals surface area contributed by atoms with E-state index in [1.807, 2.05) is 26.0 Å². The highest BCUT2D eigenvalue weighted by atomic mass is 32.2. The van der Waals surface area contributed by atoms with Crippen molar-refractivity contribution in [1.29, 1.82) is 0 Å². The Hall–Kier alpha value is -2.92. The summed E-state index contributed by atoms with van der Waals surface area (Å²) in [7, 11) is -3.60. The fourth-order valence-electron chi connectivity index (χ4n) is 4.49. The number of amides is 1. The summed E-state index contributed by atoms with van der Waals surface area (Å²) in [5.41, 5.74) is 3.57. The predicted molar refractivity (Wildman–Crippen MR) is 140 cm³/mol. The van der Waals surface area contributed by atoms with Crippen LogP contribution in [0.25, 0.3) is 0 Å². The van der Waals surface area contributed by atoms with Crippen LogP contribution in [-0.2, 0) is 19.6 Å². The van der Waals surface area contributed by atoms with Crippen LogP contribution >= 0.6 is 0 Å². The molecule has 0 bridgehead atoms. The van der Waals surface area contributed by atoms with Crippen molar-refractivity contribution in [2.24, 2.45) is 0 Å². The van der Waals surface area contributed by atoms with E-state index >= 15 is 0 Å². The van der Waals surface area contributed by atoms with Crippen LogP contribution < -0.4 is 19.7 Å². The molecular formula is C25H37N5O5S. The molecule has 1 aromatic heterocycles. The fourth-order valence-corrected chi connectivity index (χ4v) is 4.99. The van der Waals surface area contributed by atoms with Gasteiger partial charge in [0.05, 0.1) is 42.3 Å². The highest BCUT2D eigenvalue weighted by molar-refractivity contribution is 7.89. The lowest BCUT2D eigenvalue weighted by atomic mass is 9.92. The second kappa shape index (κ2) is 12.9. The lowest BCUT2D eigenvalue weighted by Crippen LogP contribution is -2.39. The molecule has 1 fully saturated rings. The fraction of sp³-hybridized carbons (Fsp3) is 0.560. The van der Waals surface area contributed by atoms with E-state index in [1.54, 1.807) is 12.4 Å². The van der Waals surface area contributed by atoms with Crippen LogP contribution in [0.4, 0.5) is 17.1 Å². The van der Waals surface area contributed by atoms with E-state index in [-0.39, 0.29) is 12.3 Å². The first kappa shape index (κ1) is 27.7. The number of nitrogens with one attached hydrogen (secondary N) is 2. The van der Waals surface area contributed by atoms with E-state index < -0.39 is 15.9 Å². The number of hydrogen-bond acceptors (Lipinski definition) is 9. The smallest absolute Gasteiger partial charge is 0.316 e. The minimum atomic E-state index is -3.60. The van der Waals surface area contributed by atoms with Gasteiger partial charge in [0.2, 0.25) is 15.9 Å². The third-order valence-electron chi connectivity index (χ3n) is 6.18. The Morgan fingerprint density at radius 3 is 2.47 bits per heavy atom. The number of rotatable bonds is 12. The number of benzene rings is 1. The number of aromatic nitrogens is 2. The molecule has 0 saturated carbocycles. The zero-order valence-electron chi connectivity index (χ0n) is 21.5. The summed E-state index contributed by atoms with van der Waals surface area (Å²) in [5, 5.41) is 3.46. The first-order chi connectivity index (χ1) is 17.2. The van der Waals surface area contributed by atoms with E-state index in [0.29, 0.717) is 30.8 Å². The van der Waals surface area contributed by atoms with Crippen LogP contribution in [0.2, 0.25) is 0 Å². The molecule has 2 aromatic rings. The van der Waals surface area contributed by atoms with Crippen molar-refractivity contribution in [2.45, 2.75) is 58.4 Å². The Morgan fingerprint density at radius 2 is 1.89 bits per heavy atom. The maximum atomic E-state index is 12.3. The van der Waals surface area contributed by atoms with Crippen molar-refractivity contribution >= 4 is 33.0 Å². The van der Waals surface area contributed by atoms with Crippen LogP contribution in [0.5, 0.6) is 6.01 Å². The Morgan fingerprint density at radius 1 is 1.19 bits per heavy atom. The summed E-state index contributed by atoms with van der Waals surface area (Å²) in [6.45, 7) is 8.79. The summed E-state index contributed by atoms with van der Waals surface area (Å²) in [4.78, 5) is 23.2. The minimum absolute atomic E-state index is 0.0754. The van der Waals surface area contributed by atoms with Gasteiger partial charge in [0, 0.05) is 32.2 Å². The third kappa shape index (κ3) is 7.79. The van der Waals surface area contributed by atoms with Crippen molar-refractivity contribution in [2.75, 3.05) is 42.8 Å². The van der Waals surface area contributed by atoms with Crippen molar-refractivity contribution in [3.63, 3.8) is 0 Å². The first-order valence-corrected chi connectivity index (χ1v) is 14.3. The van der Waals surface area contributed by atoms with Crippen molar-refractivity contribution in [1.82, 2.24) is 14.7 Å². The highest BCUT2D eigenvalue weighted by Crippen LogP contribution is 2.36. The van der Waals surface area contributed by atoms with Gasteiger partial charge in [-0.3, -0.25) is 9.52 Å². The van der Waals surface area contributed by atoms with E-state index in [0.717, 1.165) is 55.8 Å². The standard InChI is InChI=1S/C25H37N5O5S/c1-5-18(15-24(31)29-36(4,32)33)19-8-9-23(30(6-2)21-10-12-34-13-11-21)22(14-19)28-20-16-26-25(27-17-20)35-7-3/h8-9,14,16-18,21,28H,5-7,10-13,15H2,1-4H3,(H,29,31)/t18-/m0/s1. The molecule has 1 aliphatic rings. The molecule has 11 heteroatoms. The average molecular weight is 520 g/mol. The van der Waals surface area contributed by atoms with E-state index in [4.69, 9.17) is 9.47 Å². The number of carbonyl (C=O) groups excluding carboxylic acids is 1.